The fourth-order valence-electron chi connectivity index (χ4n) is 9.09. The Balaban J connectivity index is 1.01. The second-order valence-electron chi connectivity index (χ2n) is 14.3. The summed E-state index contributed by atoms with van der Waals surface area (Å²) in [7, 11) is -3.51. The van der Waals surface area contributed by atoms with Crippen LogP contribution in [0.2, 0.25) is 0 Å². The number of piperidine rings is 1. The quantitative estimate of drug-likeness (QED) is 0.201. The van der Waals surface area contributed by atoms with Crippen molar-refractivity contribution in [2.45, 2.75) is 66.8 Å². The average Bonchev–Trinajstić information content (AvgIpc) is 3.79. The largest absolute Gasteiger partial charge is 0.371 e. The van der Waals surface area contributed by atoms with Crippen molar-refractivity contribution in [1.29, 1.82) is 0 Å². The van der Waals surface area contributed by atoms with E-state index >= 15 is 0 Å². The number of benzene rings is 3. The molecule has 0 spiro atoms. The summed E-state index contributed by atoms with van der Waals surface area (Å²) in [6.45, 7) is 7.85. The van der Waals surface area contributed by atoms with Crippen molar-refractivity contribution in [3.63, 3.8) is 0 Å². The Morgan fingerprint density at radius 2 is 1.42 bits per heavy atom. The highest BCUT2D eigenvalue weighted by Crippen LogP contribution is 2.51. The highest BCUT2D eigenvalue weighted by Gasteiger charge is 2.52. The van der Waals surface area contributed by atoms with Gasteiger partial charge in [-0.3, -0.25) is 4.79 Å². The lowest BCUT2D eigenvalue weighted by Crippen LogP contribution is -2.56. The molecule has 252 valence electrons. The molecule has 0 bridgehead atoms. The number of likely N-dealkylation sites (tertiary alicyclic amines) is 1. The molecule has 3 atom stereocenters. The van der Waals surface area contributed by atoms with Gasteiger partial charge in [-0.2, -0.15) is 0 Å². The van der Waals surface area contributed by atoms with Gasteiger partial charge in [0.05, 0.1) is 9.79 Å². The second kappa shape index (κ2) is 13.9. The van der Waals surface area contributed by atoms with E-state index < -0.39 is 9.84 Å². The SMILES string of the molecule is CC(=O)N[C@H]1CCC[C@@H]1C(Cn1cccc1)(c1ccccc1)C1CCN(CC2CN(c3ccc(S(=O)(=O)c4ccccc4)cc3)C2)CC1. The zero-order valence-corrected chi connectivity index (χ0v) is 28.8. The molecule has 1 amide bonds. The Kier molecular flexibility index (Phi) is 9.47. The van der Waals surface area contributed by atoms with Gasteiger partial charge in [-0.25, -0.2) is 8.42 Å². The molecule has 1 N–H and O–H groups in total. The van der Waals surface area contributed by atoms with Crippen LogP contribution in [0.3, 0.4) is 0 Å². The number of carbonyl (C=O) groups excluding carboxylic acids is 1. The van der Waals surface area contributed by atoms with E-state index in [-0.39, 0.29) is 17.4 Å². The van der Waals surface area contributed by atoms with E-state index in [1.807, 2.05) is 18.2 Å². The minimum atomic E-state index is -3.51. The van der Waals surface area contributed by atoms with Crippen molar-refractivity contribution in [2.24, 2.45) is 17.8 Å². The van der Waals surface area contributed by atoms with E-state index in [9.17, 15) is 13.2 Å². The van der Waals surface area contributed by atoms with Gasteiger partial charge < -0.3 is 19.7 Å². The topological polar surface area (TPSA) is 74.7 Å². The molecule has 4 aromatic rings. The van der Waals surface area contributed by atoms with Gasteiger partial charge in [0, 0.05) is 68.6 Å². The molecule has 8 heteroatoms. The number of nitrogens with one attached hydrogen (secondary N) is 1. The van der Waals surface area contributed by atoms with E-state index in [4.69, 9.17) is 0 Å². The van der Waals surface area contributed by atoms with Crippen LogP contribution in [-0.4, -0.2) is 62.6 Å². The van der Waals surface area contributed by atoms with Crippen LogP contribution in [0.1, 0.15) is 44.6 Å². The van der Waals surface area contributed by atoms with Gasteiger partial charge in [0.25, 0.3) is 0 Å². The van der Waals surface area contributed by atoms with Crippen LogP contribution in [0.25, 0.3) is 0 Å². The molecule has 48 heavy (non-hydrogen) atoms. The van der Waals surface area contributed by atoms with Crippen molar-refractivity contribution in [3.05, 3.63) is 115 Å². The van der Waals surface area contributed by atoms with E-state index in [0.717, 1.165) is 77.1 Å². The number of nitrogens with zero attached hydrogens (tertiary/aromatic N) is 3. The molecule has 1 saturated carbocycles. The van der Waals surface area contributed by atoms with Crippen molar-refractivity contribution in [1.82, 2.24) is 14.8 Å². The molecule has 3 aliphatic rings. The van der Waals surface area contributed by atoms with Crippen LogP contribution in [0.4, 0.5) is 5.69 Å². The Labute approximate surface area is 285 Å². The molecule has 2 aliphatic heterocycles. The zero-order chi connectivity index (χ0) is 33.1. The maximum atomic E-state index is 13.0. The fourth-order valence-corrected chi connectivity index (χ4v) is 10.4. The number of amides is 1. The molecule has 0 radical (unpaired) electrons. The summed E-state index contributed by atoms with van der Waals surface area (Å²) in [6.07, 6.45) is 10.0. The number of anilines is 1. The molecule has 7 rings (SSSR count). The molecule has 1 unspecified atom stereocenters. The van der Waals surface area contributed by atoms with Crippen LogP contribution in [-0.2, 0) is 26.6 Å². The van der Waals surface area contributed by atoms with Crippen molar-refractivity contribution >= 4 is 21.4 Å². The van der Waals surface area contributed by atoms with E-state index in [1.165, 1.54) is 5.56 Å². The second-order valence-corrected chi connectivity index (χ2v) is 16.2. The lowest BCUT2D eigenvalue weighted by molar-refractivity contribution is -0.120. The first-order valence-corrected chi connectivity index (χ1v) is 19.1. The first-order valence-electron chi connectivity index (χ1n) is 17.6. The lowest BCUT2D eigenvalue weighted by Gasteiger charge is -2.51. The van der Waals surface area contributed by atoms with Crippen molar-refractivity contribution in [2.75, 3.05) is 37.6 Å². The molecule has 2 saturated heterocycles. The number of rotatable bonds is 11. The van der Waals surface area contributed by atoms with Gasteiger partial charge in [0.1, 0.15) is 0 Å². The maximum Gasteiger partial charge on any atom is 0.217 e. The number of sulfone groups is 1. The van der Waals surface area contributed by atoms with Gasteiger partial charge in [0.2, 0.25) is 15.7 Å². The monoisotopic (exact) mass is 664 g/mol. The first-order chi connectivity index (χ1) is 23.3. The molecular weight excluding hydrogens is 617 g/mol. The fraction of sp³-hybridized carbons (Fsp3) is 0.425. The molecule has 1 aromatic heterocycles. The van der Waals surface area contributed by atoms with Crippen LogP contribution in [0.5, 0.6) is 0 Å². The summed E-state index contributed by atoms with van der Waals surface area (Å²) in [6, 6.07) is 31.6. The van der Waals surface area contributed by atoms with Crippen LogP contribution in [0, 0.1) is 17.8 Å². The van der Waals surface area contributed by atoms with E-state index in [1.54, 1.807) is 43.3 Å². The molecule has 3 fully saturated rings. The molecule has 1 aliphatic carbocycles. The third kappa shape index (κ3) is 6.57. The Bertz CT molecular complexity index is 1750. The Morgan fingerprint density at radius 1 is 0.792 bits per heavy atom. The highest BCUT2D eigenvalue weighted by molar-refractivity contribution is 7.91. The summed E-state index contributed by atoms with van der Waals surface area (Å²) in [5.41, 5.74) is 2.43. The van der Waals surface area contributed by atoms with E-state index in [0.29, 0.717) is 27.5 Å². The van der Waals surface area contributed by atoms with Crippen molar-refractivity contribution in [3.8, 4) is 0 Å². The number of hydrogen-bond donors (Lipinski definition) is 1. The summed E-state index contributed by atoms with van der Waals surface area (Å²) in [4.78, 5) is 18.0. The summed E-state index contributed by atoms with van der Waals surface area (Å²) < 4.78 is 28.4. The molecule has 3 heterocycles. The summed E-state index contributed by atoms with van der Waals surface area (Å²) >= 11 is 0. The summed E-state index contributed by atoms with van der Waals surface area (Å²) in [5, 5.41) is 3.38. The minimum absolute atomic E-state index is 0.0661. The van der Waals surface area contributed by atoms with Crippen LogP contribution in [0.15, 0.2) is 119 Å². The maximum absolute atomic E-state index is 13.0. The van der Waals surface area contributed by atoms with Gasteiger partial charge in [-0.1, -0.05) is 55.0 Å². The zero-order valence-electron chi connectivity index (χ0n) is 28.0. The lowest BCUT2D eigenvalue weighted by atomic mass is 9.58. The van der Waals surface area contributed by atoms with Gasteiger partial charge in [-0.05, 0) is 105 Å². The highest BCUT2D eigenvalue weighted by atomic mass is 32.2. The smallest absolute Gasteiger partial charge is 0.217 e. The van der Waals surface area contributed by atoms with Crippen molar-refractivity contribution < 1.29 is 13.2 Å². The molecule has 7 nitrogen and oxygen atoms in total. The standard InChI is InChI=1S/C40H48N4O3S/c1-31(45)41-39-16-10-15-38(39)40(30-43-23-8-9-24-43,33-11-4-2-5-12-33)34-21-25-42(26-22-34)27-32-28-44(29-32)35-17-19-37(20-18-35)48(46,47)36-13-6-3-7-14-36/h2-9,11-14,17-20,23-24,32,34,38-39H,10,15-16,21-22,25-30H2,1H3,(H,41,45)/t38-,39-,40?/m0/s1. The van der Waals surface area contributed by atoms with Gasteiger partial charge in [-0.15, -0.1) is 0 Å². The minimum Gasteiger partial charge on any atom is -0.371 e. The van der Waals surface area contributed by atoms with Crippen LogP contribution >= 0.6 is 0 Å². The van der Waals surface area contributed by atoms with Crippen LogP contribution < -0.4 is 10.2 Å². The molecular formula is C40H48N4O3S. The third-order valence-electron chi connectivity index (χ3n) is 11.3. The predicted molar refractivity (Wildman–Crippen MR) is 191 cm³/mol. The Morgan fingerprint density at radius 3 is 2.06 bits per heavy atom. The first kappa shape index (κ1) is 32.7. The molecule has 3 aromatic carbocycles. The van der Waals surface area contributed by atoms with E-state index in [2.05, 4.69) is 74.5 Å². The third-order valence-corrected chi connectivity index (χ3v) is 13.1. The van der Waals surface area contributed by atoms with Gasteiger partial charge in [0.15, 0.2) is 0 Å². The number of hydrogen-bond acceptors (Lipinski definition) is 5. The Hall–Kier alpha value is -3.88. The normalized spacial score (nSPS) is 22.2. The average molecular weight is 665 g/mol. The number of carbonyl (C=O) groups is 1. The van der Waals surface area contributed by atoms with Gasteiger partial charge >= 0.3 is 0 Å². The number of aromatic nitrogens is 1. The predicted octanol–water partition coefficient (Wildman–Crippen LogP) is 6.41. The summed E-state index contributed by atoms with van der Waals surface area (Å²) in [5.74, 6) is 1.58.